The zero-order chi connectivity index (χ0) is 17.2. The van der Waals surface area contributed by atoms with Crippen LogP contribution in [-0.4, -0.2) is 45.5 Å². The number of anilines is 1. The zero-order valence-corrected chi connectivity index (χ0v) is 15.7. The fourth-order valence-electron chi connectivity index (χ4n) is 2.67. The van der Waals surface area contributed by atoms with E-state index in [2.05, 4.69) is 4.90 Å². The second-order valence-corrected chi connectivity index (χ2v) is 9.26. The molecular formula is C16H19ClN2O3S2. The molecule has 1 saturated heterocycles. The molecule has 1 aliphatic heterocycles. The Bertz CT molecular complexity index is 782. The van der Waals surface area contributed by atoms with Gasteiger partial charge in [-0.15, -0.1) is 11.3 Å². The van der Waals surface area contributed by atoms with Crippen LogP contribution in [0.1, 0.15) is 6.92 Å². The van der Waals surface area contributed by atoms with Crippen LogP contribution in [0, 0.1) is 0 Å². The Hall–Kier alpha value is -1.28. The van der Waals surface area contributed by atoms with E-state index in [-0.39, 0.29) is 0 Å². The summed E-state index contributed by atoms with van der Waals surface area (Å²) in [6.45, 7) is 4.84. The zero-order valence-electron chi connectivity index (χ0n) is 13.3. The number of sulfonamides is 1. The molecule has 3 rings (SSSR count). The Morgan fingerprint density at radius 3 is 2.29 bits per heavy atom. The summed E-state index contributed by atoms with van der Waals surface area (Å²) in [6.07, 6.45) is 0. The lowest BCUT2D eigenvalue weighted by atomic mass is 10.2. The first kappa shape index (κ1) is 17.5. The maximum Gasteiger partial charge on any atom is 0.252 e. The van der Waals surface area contributed by atoms with E-state index in [4.69, 9.17) is 16.3 Å². The first-order chi connectivity index (χ1) is 11.5. The van der Waals surface area contributed by atoms with Gasteiger partial charge in [-0.05, 0) is 43.3 Å². The van der Waals surface area contributed by atoms with Crippen LogP contribution in [0.4, 0.5) is 5.69 Å². The van der Waals surface area contributed by atoms with Crippen LogP contribution >= 0.6 is 22.9 Å². The number of ether oxygens (including phenoxy) is 1. The highest BCUT2D eigenvalue weighted by molar-refractivity contribution is 7.91. The highest BCUT2D eigenvalue weighted by Gasteiger charge is 2.29. The smallest absolute Gasteiger partial charge is 0.252 e. The van der Waals surface area contributed by atoms with Crippen molar-refractivity contribution in [2.75, 3.05) is 37.7 Å². The molecule has 2 aromatic rings. The van der Waals surface area contributed by atoms with E-state index in [9.17, 15) is 8.42 Å². The maximum atomic E-state index is 12.6. The summed E-state index contributed by atoms with van der Waals surface area (Å²) in [5, 5.41) is 0. The number of hydrogen-bond acceptors (Lipinski definition) is 5. The van der Waals surface area contributed by atoms with Gasteiger partial charge in [0.25, 0.3) is 10.0 Å². The Morgan fingerprint density at radius 1 is 1.08 bits per heavy atom. The molecule has 1 aliphatic rings. The average molecular weight is 387 g/mol. The molecule has 1 aromatic heterocycles. The third-order valence-corrected chi connectivity index (χ3v) is 7.49. The first-order valence-electron chi connectivity index (χ1n) is 7.74. The van der Waals surface area contributed by atoms with E-state index in [0.717, 1.165) is 22.8 Å². The topological polar surface area (TPSA) is 49.9 Å². The lowest BCUT2D eigenvalue weighted by Crippen LogP contribution is -2.48. The fourth-order valence-corrected chi connectivity index (χ4v) is 5.73. The lowest BCUT2D eigenvalue weighted by molar-refractivity contribution is 0.340. The van der Waals surface area contributed by atoms with Crippen molar-refractivity contribution >= 4 is 38.6 Å². The largest absolute Gasteiger partial charge is 0.494 e. The summed E-state index contributed by atoms with van der Waals surface area (Å²) in [7, 11) is -3.44. The minimum absolute atomic E-state index is 0.307. The predicted octanol–water partition coefficient (Wildman–Crippen LogP) is 3.31. The molecule has 0 spiro atoms. The molecule has 0 N–H and O–H groups in total. The number of halogens is 1. The molecule has 2 heterocycles. The second kappa shape index (κ2) is 7.31. The van der Waals surface area contributed by atoms with Gasteiger partial charge in [0.05, 0.1) is 10.9 Å². The average Bonchev–Trinajstić information content (AvgIpc) is 3.03. The van der Waals surface area contributed by atoms with E-state index in [0.29, 0.717) is 41.3 Å². The van der Waals surface area contributed by atoms with E-state index in [1.807, 2.05) is 31.2 Å². The summed E-state index contributed by atoms with van der Waals surface area (Å²) in [4.78, 5) is 2.18. The van der Waals surface area contributed by atoms with Gasteiger partial charge in [0.1, 0.15) is 9.96 Å². The van der Waals surface area contributed by atoms with Gasteiger partial charge in [0.15, 0.2) is 0 Å². The van der Waals surface area contributed by atoms with Crippen molar-refractivity contribution in [3.05, 3.63) is 40.7 Å². The van der Waals surface area contributed by atoms with Crippen LogP contribution in [0.3, 0.4) is 0 Å². The predicted molar refractivity (Wildman–Crippen MR) is 97.9 cm³/mol. The molecule has 0 unspecified atom stereocenters. The van der Waals surface area contributed by atoms with Crippen LogP contribution in [0.25, 0.3) is 0 Å². The second-order valence-electron chi connectivity index (χ2n) is 5.38. The van der Waals surface area contributed by atoms with Crippen molar-refractivity contribution in [2.45, 2.75) is 11.1 Å². The van der Waals surface area contributed by atoms with E-state index in [1.54, 1.807) is 12.1 Å². The number of piperazine rings is 1. The quantitative estimate of drug-likeness (QED) is 0.791. The Kier molecular flexibility index (Phi) is 5.34. The lowest BCUT2D eigenvalue weighted by Gasteiger charge is -2.35. The van der Waals surface area contributed by atoms with Crippen molar-refractivity contribution in [3.63, 3.8) is 0 Å². The first-order valence-corrected chi connectivity index (χ1v) is 10.4. The number of benzene rings is 1. The van der Waals surface area contributed by atoms with Crippen molar-refractivity contribution in [3.8, 4) is 5.75 Å². The molecule has 1 aromatic carbocycles. The number of thiophene rings is 1. The molecule has 130 valence electrons. The fraction of sp³-hybridized carbons (Fsp3) is 0.375. The van der Waals surface area contributed by atoms with Gasteiger partial charge < -0.3 is 9.64 Å². The summed E-state index contributed by atoms with van der Waals surface area (Å²) in [5.74, 6) is 0.844. The highest BCUT2D eigenvalue weighted by atomic mass is 35.5. The third kappa shape index (κ3) is 3.69. The molecule has 0 amide bonds. The van der Waals surface area contributed by atoms with E-state index in [1.165, 1.54) is 4.31 Å². The third-order valence-electron chi connectivity index (χ3n) is 3.89. The van der Waals surface area contributed by atoms with Crippen LogP contribution in [0.2, 0.25) is 4.34 Å². The van der Waals surface area contributed by atoms with Gasteiger partial charge in [-0.25, -0.2) is 8.42 Å². The summed E-state index contributed by atoms with van der Waals surface area (Å²) >= 11 is 6.96. The molecule has 0 saturated carbocycles. The molecule has 0 atom stereocenters. The molecule has 0 aliphatic carbocycles. The number of rotatable bonds is 5. The Balaban J connectivity index is 1.65. The van der Waals surface area contributed by atoms with Gasteiger partial charge in [-0.2, -0.15) is 4.31 Å². The van der Waals surface area contributed by atoms with Crippen LogP contribution in [-0.2, 0) is 10.0 Å². The minimum Gasteiger partial charge on any atom is -0.494 e. The van der Waals surface area contributed by atoms with Gasteiger partial charge in [-0.1, -0.05) is 11.6 Å². The van der Waals surface area contributed by atoms with Crippen LogP contribution in [0.15, 0.2) is 40.6 Å². The standard InChI is InChI=1S/C16H19ClN2O3S2/c1-2-22-14-5-3-13(4-6-14)18-9-11-19(12-10-18)24(20,21)16-8-7-15(17)23-16/h3-8H,2,9-12H2,1H3. The van der Waals surface area contributed by atoms with Gasteiger partial charge in [0, 0.05) is 31.9 Å². The molecule has 1 fully saturated rings. The van der Waals surface area contributed by atoms with Crippen molar-refractivity contribution in [1.82, 2.24) is 4.31 Å². The summed E-state index contributed by atoms with van der Waals surface area (Å²) < 4.78 is 33.0. The van der Waals surface area contributed by atoms with Gasteiger partial charge in [0.2, 0.25) is 0 Å². The van der Waals surface area contributed by atoms with E-state index >= 15 is 0 Å². The molecule has 0 bridgehead atoms. The maximum absolute atomic E-state index is 12.6. The van der Waals surface area contributed by atoms with Crippen molar-refractivity contribution in [2.24, 2.45) is 0 Å². The molecule has 0 radical (unpaired) electrons. The molecule has 8 heteroatoms. The number of nitrogens with zero attached hydrogens (tertiary/aromatic N) is 2. The molecular weight excluding hydrogens is 368 g/mol. The van der Waals surface area contributed by atoms with E-state index < -0.39 is 10.0 Å². The Labute approximate surface area is 151 Å². The normalized spacial score (nSPS) is 16.3. The Morgan fingerprint density at radius 2 is 1.75 bits per heavy atom. The minimum atomic E-state index is -3.44. The van der Waals surface area contributed by atoms with Crippen molar-refractivity contribution < 1.29 is 13.2 Å². The van der Waals surface area contributed by atoms with Crippen LogP contribution in [0.5, 0.6) is 5.75 Å². The molecule has 24 heavy (non-hydrogen) atoms. The number of hydrogen-bond donors (Lipinski definition) is 0. The summed E-state index contributed by atoms with van der Waals surface area (Å²) in [6, 6.07) is 11.1. The van der Waals surface area contributed by atoms with Crippen molar-refractivity contribution in [1.29, 1.82) is 0 Å². The van der Waals surface area contributed by atoms with Gasteiger partial charge in [-0.3, -0.25) is 0 Å². The monoisotopic (exact) mass is 386 g/mol. The van der Waals surface area contributed by atoms with Crippen LogP contribution < -0.4 is 9.64 Å². The van der Waals surface area contributed by atoms with Gasteiger partial charge >= 0.3 is 0 Å². The highest BCUT2D eigenvalue weighted by Crippen LogP contribution is 2.29. The SMILES string of the molecule is CCOc1ccc(N2CCN(S(=O)(=O)c3ccc(Cl)s3)CC2)cc1. The molecule has 5 nitrogen and oxygen atoms in total. The summed E-state index contributed by atoms with van der Waals surface area (Å²) in [5.41, 5.74) is 1.08.